The van der Waals surface area contributed by atoms with Crippen molar-refractivity contribution in [1.82, 2.24) is 10.6 Å². The molecule has 2 aliphatic rings. The van der Waals surface area contributed by atoms with Crippen LogP contribution in [0.4, 0.5) is 13.2 Å². The van der Waals surface area contributed by atoms with Gasteiger partial charge in [-0.25, -0.2) is 0 Å². The van der Waals surface area contributed by atoms with E-state index in [1.165, 1.54) is 0 Å². The van der Waals surface area contributed by atoms with Crippen LogP contribution in [0.2, 0.25) is 0 Å². The van der Waals surface area contributed by atoms with E-state index in [1.807, 2.05) is 0 Å². The largest absolute Gasteiger partial charge is 0.408 e. The predicted octanol–water partition coefficient (Wildman–Crippen LogP) is 3.62. The van der Waals surface area contributed by atoms with Crippen LogP contribution >= 0.6 is 12.4 Å². The topological polar surface area (TPSA) is 41.1 Å². The lowest BCUT2D eigenvalue weighted by Gasteiger charge is -2.24. The summed E-state index contributed by atoms with van der Waals surface area (Å²) in [5.41, 5.74) is 0.563. The molecule has 7 heteroatoms. The summed E-state index contributed by atoms with van der Waals surface area (Å²) in [5, 5.41) is 5.46. The van der Waals surface area contributed by atoms with Crippen molar-refractivity contribution in [3.8, 4) is 0 Å². The Morgan fingerprint density at radius 3 is 2.52 bits per heavy atom. The Bertz CT molecular complexity index is 553. The van der Waals surface area contributed by atoms with E-state index in [0.29, 0.717) is 17.9 Å². The van der Waals surface area contributed by atoms with Crippen LogP contribution < -0.4 is 10.6 Å². The number of amides is 1. The third kappa shape index (κ3) is 5.11. The Labute approximate surface area is 152 Å². The molecule has 1 aromatic carbocycles. The van der Waals surface area contributed by atoms with Gasteiger partial charge < -0.3 is 10.6 Å². The zero-order chi connectivity index (χ0) is 17.2. The van der Waals surface area contributed by atoms with Crippen molar-refractivity contribution in [2.75, 3.05) is 0 Å². The highest BCUT2D eigenvalue weighted by atomic mass is 35.5. The van der Waals surface area contributed by atoms with E-state index < -0.39 is 24.2 Å². The fourth-order valence-electron chi connectivity index (χ4n) is 3.89. The van der Waals surface area contributed by atoms with E-state index in [4.69, 9.17) is 0 Å². The monoisotopic (exact) mass is 376 g/mol. The SMILES string of the molecule is Cl.O=C(NC(Cc1ccccc1)C(F)(F)F)C1CC2CCCCC2N1. The third-order valence-corrected chi connectivity index (χ3v) is 5.17. The number of hydrogen-bond acceptors (Lipinski definition) is 2. The van der Waals surface area contributed by atoms with Crippen LogP contribution in [0.3, 0.4) is 0 Å². The summed E-state index contributed by atoms with van der Waals surface area (Å²) in [7, 11) is 0. The number of alkyl halides is 3. The number of carbonyl (C=O) groups is 1. The Morgan fingerprint density at radius 1 is 1.20 bits per heavy atom. The molecule has 1 saturated heterocycles. The average Bonchev–Trinajstić information content (AvgIpc) is 2.98. The molecule has 2 fully saturated rings. The minimum absolute atomic E-state index is 0. The molecule has 140 valence electrons. The molecule has 2 N–H and O–H groups in total. The van der Waals surface area contributed by atoms with Crippen LogP contribution in [-0.4, -0.2) is 30.2 Å². The van der Waals surface area contributed by atoms with Crippen molar-refractivity contribution in [2.45, 2.75) is 62.8 Å². The fourth-order valence-corrected chi connectivity index (χ4v) is 3.89. The number of halogens is 4. The van der Waals surface area contributed by atoms with Gasteiger partial charge in [-0.3, -0.25) is 4.79 Å². The van der Waals surface area contributed by atoms with Gasteiger partial charge in [0.15, 0.2) is 0 Å². The summed E-state index contributed by atoms with van der Waals surface area (Å²) in [6, 6.07) is 6.39. The highest BCUT2D eigenvalue weighted by molar-refractivity contribution is 5.85. The molecule has 4 unspecified atom stereocenters. The number of nitrogens with one attached hydrogen (secondary N) is 2. The lowest BCUT2D eigenvalue weighted by molar-refractivity contribution is -0.162. The van der Waals surface area contributed by atoms with Gasteiger partial charge in [-0.15, -0.1) is 12.4 Å². The number of fused-ring (bicyclic) bond motifs is 1. The smallest absolute Gasteiger partial charge is 0.343 e. The molecule has 1 aromatic rings. The zero-order valence-corrected chi connectivity index (χ0v) is 14.7. The number of rotatable bonds is 4. The van der Waals surface area contributed by atoms with E-state index in [1.54, 1.807) is 30.3 Å². The Hall–Kier alpha value is -1.27. The van der Waals surface area contributed by atoms with Gasteiger partial charge in [0.1, 0.15) is 6.04 Å². The Balaban J connectivity index is 0.00000225. The molecule has 25 heavy (non-hydrogen) atoms. The van der Waals surface area contributed by atoms with Gasteiger partial charge in [0.25, 0.3) is 0 Å². The van der Waals surface area contributed by atoms with Gasteiger partial charge in [0.2, 0.25) is 5.91 Å². The lowest BCUT2D eigenvalue weighted by atomic mass is 9.85. The fraction of sp³-hybridized carbons (Fsp3) is 0.611. The summed E-state index contributed by atoms with van der Waals surface area (Å²) in [6.45, 7) is 0. The summed E-state index contributed by atoms with van der Waals surface area (Å²) in [5.74, 6) is -0.101. The van der Waals surface area contributed by atoms with Crippen molar-refractivity contribution < 1.29 is 18.0 Å². The van der Waals surface area contributed by atoms with Crippen LogP contribution in [0.15, 0.2) is 30.3 Å². The minimum atomic E-state index is -4.46. The van der Waals surface area contributed by atoms with Crippen molar-refractivity contribution in [1.29, 1.82) is 0 Å². The maximum Gasteiger partial charge on any atom is 0.408 e. The van der Waals surface area contributed by atoms with Gasteiger partial charge in [-0.1, -0.05) is 43.2 Å². The molecule has 4 atom stereocenters. The summed E-state index contributed by atoms with van der Waals surface area (Å²) in [4.78, 5) is 12.4. The third-order valence-electron chi connectivity index (χ3n) is 5.17. The van der Waals surface area contributed by atoms with E-state index in [2.05, 4.69) is 10.6 Å². The maximum absolute atomic E-state index is 13.3. The first kappa shape index (κ1) is 20.0. The molecule has 3 nitrogen and oxygen atoms in total. The van der Waals surface area contributed by atoms with Crippen molar-refractivity contribution in [3.63, 3.8) is 0 Å². The molecule has 0 aromatic heterocycles. The zero-order valence-electron chi connectivity index (χ0n) is 13.9. The van der Waals surface area contributed by atoms with Gasteiger partial charge >= 0.3 is 6.18 Å². The molecule has 0 bridgehead atoms. The molecule has 1 aliphatic heterocycles. The molecule has 1 aliphatic carbocycles. The number of benzene rings is 1. The first-order valence-corrected chi connectivity index (χ1v) is 8.60. The van der Waals surface area contributed by atoms with Crippen molar-refractivity contribution in [3.05, 3.63) is 35.9 Å². The van der Waals surface area contributed by atoms with Gasteiger partial charge in [-0.2, -0.15) is 13.2 Å². The summed E-state index contributed by atoms with van der Waals surface area (Å²) < 4.78 is 39.9. The quantitative estimate of drug-likeness (QED) is 0.842. The highest BCUT2D eigenvalue weighted by Crippen LogP contribution is 2.33. The first-order valence-electron chi connectivity index (χ1n) is 8.60. The normalized spacial score (nSPS) is 27.1. The van der Waals surface area contributed by atoms with Crippen LogP contribution in [0.25, 0.3) is 0 Å². The summed E-state index contributed by atoms with van der Waals surface area (Å²) in [6.07, 6.45) is 0.298. The van der Waals surface area contributed by atoms with Crippen LogP contribution in [0.5, 0.6) is 0 Å². The molecule has 0 radical (unpaired) electrons. The predicted molar refractivity (Wildman–Crippen MR) is 92.7 cm³/mol. The van der Waals surface area contributed by atoms with Crippen LogP contribution in [0.1, 0.15) is 37.7 Å². The minimum Gasteiger partial charge on any atom is -0.343 e. The lowest BCUT2D eigenvalue weighted by Crippen LogP contribution is -2.52. The van der Waals surface area contributed by atoms with E-state index in [9.17, 15) is 18.0 Å². The maximum atomic E-state index is 13.3. The standard InChI is InChI=1S/C18H23F3N2O.ClH/c19-18(20,21)16(10-12-6-2-1-3-7-12)23-17(24)15-11-13-8-4-5-9-14(13)22-15;/h1-3,6-7,13-16,22H,4-5,8-11H2,(H,23,24);1H. The van der Waals surface area contributed by atoms with Crippen molar-refractivity contribution in [2.24, 2.45) is 5.92 Å². The Kier molecular flexibility index (Phi) is 6.74. The van der Waals surface area contributed by atoms with Crippen LogP contribution in [0, 0.1) is 5.92 Å². The molecule has 1 amide bonds. The van der Waals surface area contributed by atoms with E-state index in [-0.39, 0.29) is 24.9 Å². The second-order valence-electron chi connectivity index (χ2n) is 6.90. The number of hydrogen-bond donors (Lipinski definition) is 2. The second-order valence-corrected chi connectivity index (χ2v) is 6.90. The molecule has 1 heterocycles. The van der Waals surface area contributed by atoms with Gasteiger partial charge in [0, 0.05) is 12.5 Å². The number of carbonyl (C=O) groups excluding carboxylic acids is 1. The second kappa shape index (κ2) is 8.41. The van der Waals surface area contributed by atoms with E-state index in [0.717, 1.165) is 25.7 Å². The van der Waals surface area contributed by atoms with Crippen LogP contribution in [-0.2, 0) is 11.2 Å². The molecular weight excluding hydrogens is 353 g/mol. The van der Waals surface area contributed by atoms with E-state index >= 15 is 0 Å². The molecular formula is C18H24ClF3N2O. The molecule has 3 rings (SSSR count). The van der Waals surface area contributed by atoms with Gasteiger partial charge in [0.05, 0.1) is 6.04 Å². The highest BCUT2D eigenvalue weighted by Gasteiger charge is 2.44. The average molecular weight is 377 g/mol. The first-order chi connectivity index (χ1) is 11.4. The Morgan fingerprint density at radius 2 is 1.88 bits per heavy atom. The molecule has 0 spiro atoms. The van der Waals surface area contributed by atoms with Gasteiger partial charge in [-0.05, 0) is 30.7 Å². The summed E-state index contributed by atoms with van der Waals surface area (Å²) >= 11 is 0. The molecule has 1 saturated carbocycles. The van der Waals surface area contributed by atoms with Crippen molar-refractivity contribution >= 4 is 18.3 Å².